The summed E-state index contributed by atoms with van der Waals surface area (Å²) < 4.78 is 35.1. The third-order valence-electron chi connectivity index (χ3n) is 5.95. The molecular weight excluding hydrogens is 559 g/mol. The molecule has 0 saturated carbocycles. The van der Waals surface area contributed by atoms with Gasteiger partial charge in [0.05, 0.1) is 23.9 Å². The Labute approximate surface area is 237 Å². The van der Waals surface area contributed by atoms with Crippen LogP contribution in [0.3, 0.4) is 0 Å². The van der Waals surface area contributed by atoms with E-state index < -0.39 is 22.5 Å². The standard InChI is InChI=1S/C28H26Cl2N4O4S/c1-19-13-21(20(2)34(19)25-15-22(29)14-23(30)16-25)17-31-32-28(35)18-33(24-7-5-4-6-8-24)39(36,37)27-11-9-26(38-3)10-12-27/h4-17H,18H2,1-3H3,(H,32,35)/b31-17+. The summed E-state index contributed by atoms with van der Waals surface area (Å²) in [4.78, 5) is 12.9. The number of ether oxygens (including phenoxy) is 1. The quantitative estimate of drug-likeness (QED) is 0.200. The number of para-hydroxylation sites is 1. The number of sulfonamides is 1. The molecule has 0 spiro atoms. The molecule has 4 rings (SSSR count). The monoisotopic (exact) mass is 584 g/mol. The maximum atomic E-state index is 13.5. The van der Waals surface area contributed by atoms with Gasteiger partial charge in [0.15, 0.2) is 0 Å². The highest BCUT2D eigenvalue weighted by molar-refractivity contribution is 7.92. The number of rotatable bonds is 9. The lowest BCUT2D eigenvalue weighted by molar-refractivity contribution is -0.119. The van der Waals surface area contributed by atoms with Crippen molar-refractivity contribution in [3.8, 4) is 11.4 Å². The first-order chi connectivity index (χ1) is 18.6. The van der Waals surface area contributed by atoms with Gasteiger partial charge in [0.2, 0.25) is 0 Å². The van der Waals surface area contributed by atoms with Crippen LogP contribution in [0, 0.1) is 13.8 Å². The summed E-state index contributed by atoms with van der Waals surface area (Å²) in [7, 11) is -2.56. The molecule has 39 heavy (non-hydrogen) atoms. The molecule has 0 radical (unpaired) electrons. The van der Waals surface area contributed by atoms with Crippen LogP contribution in [0.25, 0.3) is 5.69 Å². The van der Waals surface area contributed by atoms with Crippen LogP contribution in [-0.4, -0.2) is 38.8 Å². The predicted octanol–water partition coefficient (Wildman–Crippen LogP) is 5.76. The van der Waals surface area contributed by atoms with Crippen LogP contribution in [0.5, 0.6) is 5.75 Å². The zero-order chi connectivity index (χ0) is 28.2. The third-order valence-corrected chi connectivity index (χ3v) is 8.17. The number of hydrogen-bond acceptors (Lipinski definition) is 5. The fourth-order valence-corrected chi connectivity index (χ4v) is 6.04. The molecule has 0 aliphatic rings. The van der Waals surface area contributed by atoms with Crippen LogP contribution >= 0.6 is 23.2 Å². The fourth-order valence-electron chi connectivity index (χ4n) is 4.11. The van der Waals surface area contributed by atoms with Gasteiger partial charge in [-0.3, -0.25) is 9.10 Å². The molecule has 0 fully saturated rings. The molecule has 202 valence electrons. The van der Waals surface area contributed by atoms with E-state index >= 15 is 0 Å². The van der Waals surface area contributed by atoms with Crippen molar-refractivity contribution in [1.82, 2.24) is 9.99 Å². The Hall–Kier alpha value is -3.79. The Morgan fingerprint density at radius 1 is 1.00 bits per heavy atom. The van der Waals surface area contributed by atoms with Crippen molar-refractivity contribution >= 4 is 51.0 Å². The van der Waals surface area contributed by atoms with E-state index in [9.17, 15) is 13.2 Å². The maximum Gasteiger partial charge on any atom is 0.264 e. The van der Waals surface area contributed by atoms with E-state index in [2.05, 4.69) is 10.5 Å². The van der Waals surface area contributed by atoms with Crippen molar-refractivity contribution in [2.75, 3.05) is 18.0 Å². The predicted molar refractivity (Wildman–Crippen MR) is 155 cm³/mol. The van der Waals surface area contributed by atoms with Crippen molar-refractivity contribution in [2.24, 2.45) is 5.10 Å². The molecule has 0 saturated heterocycles. The molecule has 0 aliphatic carbocycles. The second kappa shape index (κ2) is 11.9. The van der Waals surface area contributed by atoms with E-state index in [1.54, 1.807) is 60.7 Å². The van der Waals surface area contributed by atoms with Gasteiger partial charge in [-0.05, 0) is 74.5 Å². The van der Waals surface area contributed by atoms with Crippen LogP contribution in [0.4, 0.5) is 5.69 Å². The van der Waals surface area contributed by atoms with Crippen molar-refractivity contribution in [2.45, 2.75) is 18.7 Å². The smallest absolute Gasteiger partial charge is 0.264 e. The molecule has 8 nitrogen and oxygen atoms in total. The topological polar surface area (TPSA) is 93.0 Å². The second-order valence-electron chi connectivity index (χ2n) is 8.61. The number of carbonyl (C=O) groups is 1. The van der Waals surface area contributed by atoms with Gasteiger partial charge in [-0.15, -0.1) is 0 Å². The first kappa shape index (κ1) is 28.2. The molecule has 0 atom stereocenters. The lowest BCUT2D eigenvalue weighted by Gasteiger charge is -2.23. The number of nitrogens with zero attached hydrogens (tertiary/aromatic N) is 3. The minimum absolute atomic E-state index is 0.0250. The first-order valence-electron chi connectivity index (χ1n) is 11.8. The summed E-state index contributed by atoms with van der Waals surface area (Å²) in [5.74, 6) is -0.0901. The van der Waals surface area contributed by atoms with Crippen LogP contribution in [0.1, 0.15) is 17.0 Å². The van der Waals surface area contributed by atoms with Crippen LogP contribution < -0.4 is 14.5 Å². The van der Waals surface area contributed by atoms with Crippen molar-refractivity contribution in [3.05, 3.63) is 106 Å². The number of methoxy groups -OCH3 is 1. The Morgan fingerprint density at radius 2 is 1.64 bits per heavy atom. The Bertz CT molecular complexity index is 1600. The molecule has 0 aliphatic heterocycles. The summed E-state index contributed by atoms with van der Waals surface area (Å²) in [5.41, 5.74) is 6.12. The summed E-state index contributed by atoms with van der Waals surface area (Å²) in [6, 6.07) is 21.5. The molecule has 1 amide bonds. The van der Waals surface area contributed by atoms with Gasteiger partial charge < -0.3 is 9.30 Å². The number of carbonyl (C=O) groups excluding carboxylic acids is 1. The van der Waals surface area contributed by atoms with E-state index in [1.165, 1.54) is 25.5 Å². The summed E-state index contributed by atoms with van der Waals surface area (Å²) in [6.45, 7) is 3.36. The molecule has 11 heteroatoms. The van der Waals surface area contributed by atoms with Crippen molar-refractivity contribution in [1.29, 1.82) is 0 Å². The highest BCUT2D eigenvalue weighted by atomic mass is 35.5. The molecule has 1 aromatic heterocycles. The number of amides is 1. The van der Waals surface area contributed by atoms with Gasteiger partial charge in [-0.2, -0.15) is 5.10 Å². The highest BCUT2D eigenvalue weighted by Crippen LogP contribution is 2.27. The third kappa shape index (κ3) is 6.44. The van der Waals surface area contributed by atoms with E-state index in [4.69, 9.17) is 27.9 Å². The molecular formula is C28H26Cl2N4O4S. The zero-order valence-corrected chi connectivity index (χ0v) is 23.8. The number of halogens is 2. The number of benzene rings is 3. The SMILES string of the molecule is COc1ccc(S(=O)(=O)N(CC(=O)N/N=C/c2cc(C)n(-c3cc(Cl)cc(Cl)c3)c2C)c2ccccc2)cc1. The number of anilines is 1. The molecule has 0 bridgehead atoms. The average Bonchev–Trinajstić information content (AvgIpc) is 3.19. The average molecular weight is 586 g/mol. The van der Waals surface area contributed by atoms with E-state index in [0.717, 1.165) is 26.9 Å². The molecule has 1 heterocycles. The van der Waals surface area contributed by atoms with Crippen molar-refractivity contribution in [3.63, 3.8) is 0 Å². The Balaban J connectivity index is 1.54. The Kier molecular flexibility index (Phi) is 8.64. The number of hydrazone groups is 1. The van der Waals surface area contributed by atoms with Crippen LogP contribution in [0.15, 0.2) is 88.9 Å². The molecule has 1 N–H and O–H groups in total. The normalized spacial score (nSPS) is 11.5. The van der Waals surface area contributed by atoms with Gasteiger partial charge in [-0.25, -0.2) is 13.8 Å². The second-order valence-corrected chi connectivity index (χ2v) is 11.3. The number of hydrogen-bond donors (Lipinski definition) is 1. The summed E-state index contributed by atoms with van der Waals surface area (Å²) in [5, 5.41) is 5.11. The minimum atomic E-state index is -4.06. The highest BCUT2D eigenvalue weighted by Gasteiger charge is 2.27. The van der Waals surface area contributed by atoms with Crippen LogP contribution in [0.2, 0.25) is 10.0 Å². The lowest BCUT2D eigenvalue weighted by Crippen LogP contribution is -2.39. The largest absolute Gasteiger partial charge is 0.497 e. The van der Waals surface area contributed by atoms with Gasteiger partial charge in [0.1, 0.15) is 12.3 Å². The van der Waals surface area contributed by atoms with Gasteiger partial charge in [0, 0.05) is 32.7 Å². The van der Waals surface area contributed by atoms with Crippen molar-refractivity contribution < 1.29 is 17.9 Å². The lowest BCUT2D eigenvalue weighted by atomic mass is 10.2. The van der Waals surface area contributed by atoms with E-state index in [0.29, 0.717) is 21.5 Å². The minimum Gasteiger partial charge on any atom is -0.497 e. The number of aryl methyl sites for hydroxylation is 1. The van der Waals surface area contributed by atoms with Crippen LogP contribution in [-0.2, 0) is 14.8 Å². The van der Waals surface area contributed by atoms with E-state index in [-0.39, 0.29) is 4.90 Å². The molecule has 0 unspecified atom stereocenters. The number of nitrogens with one attached hydrogen (secondary N) is 1. The fraction of sp³-hybridized carbons (Fsp3) is 0.143. The summed E-state index contributed by atoms with van der Waals surface area (Å²) >= 11 is 12.4. The first-order valence-corrected chi connectivity index (χ1v) is 14.0. The molecule has 4 aromatic rings. The zero-order valence-electron chi connectivity index (χ0n) is 21.4. The van der Waals surface area contributed by atoms with E-state index in [1.807, 2.05) is 24.5 Å². The Morgan fingerprint density at radius 3 is 2.26 bits per heavy atom. The summed E-state index contributed by atoms with van der Waals surface area (Å²) in [6.07, 6.45) is 1.51. The number of aromatic nitrogens is 1. The maximum absolute atomic E-state index is 13.5. The van der Waals surface area contributed by atoms with Gasteiger partial charge >= 0.3 is 0 Å². The van der Waals surface area contributed by atoms with Gasteiger partial charge in [-0.1, -0.05) is 41.4 Å². The van der Waals surface area contributed by atoms with Gasteiger partial charge in [0.25, 0.3) is 15.9 Å². The molecule has 3 aromatic carbocycles.